The highest BCUT2D eigenvalue weighted by molar-refractivity contribution is 6.39. The van der Waals surface area contributed by atoms with Crippen molar-refractivity contribution in [2.75, 3.05) is 26.7 Å². The summed E-state index contributed by atoms with van der Waals surface area (Å²) in [5, 5.41) is 16.5. The number of rotatable bonds is 11. The second kappa shape index (κ2) is 14.8. The minimum Gasteiger partial charge on any atom is -0.481 e. The monoisotopic (exact) mass is 727 g/mol. The number of benzene rings is 2. The first-order chi connectivity index (χ1) is 24.7. The molecule has 5 aromatic rings. The summed E-state index contributed by atoms with van der Waals surface area (Å²) in [5.41, 5.74) is 5.53. The Balaban J connectivity index is 1.12. The van der Waals surface area contributed by atoms with E-state index in [-0.39, 0.29) is 17.5 Å². The lowest BCUT2D eigenvalue weighted by Crippen LogP contribution is -2.35. The zero-order chi connectivity index (χ0) is 35.6. The van der Waals surface area contributed by atoms with E-state index in [1.807, 2.05) is 53.4 Å². The summed E-state index contributed by atoms with van der Waals surface area (Å²) in [6.45, 7) is 2.42. The predicted molar refractivity (Wildman–Crippen MR) is 194 cm³/mol. The van der Waals surface area contributed by atoms with Gasteiger partial charge >= 0.3 is 5.97 Å². The molecule has 1 amide bonds. The fourth-order valence-electron chi connectivity index (χ4n) is 6.72. The van der Waals surface area contributed by atoms with Crippen LogP contribution in [0.4, 0.5) is 0 Å². The number of ether oxygens (including phenoxy) is 1. The first kappa shape index (κ1) is 34.6. The summed E-state index contributed by atoms with van der Waals surface area (Å²) in [6.07, 6.45) is 6.82. The number of likely N-dealkylation sites (tertiary alicyclic amines) is 1. The molecule has 3 aromatic heterocycles. The van der Waals surface area contributed by atoms with Gasteiger partial charge in [-0.15, -0.1) is 0 Å². The molecular formula is C37H35Cl2N7O5. The van der Waals surface area contributed by atoms with Crippen LogP contribution in [-0.2, 0) is 22.7 Å². The Hall–Kier alpha value is -4.88. The van der Waals surface area contributed by atoms with Crippen molar-refractivity contribution in [3.63, 3.8) is 0 Å². The van der Waals surface area contributed by atoms with E-state index in [1.165, 1.54) is 4.40 Å². The van der Waals surface area contributed by atoms with E-state index in [1.54, 1.807) is 25.7 Å². The van der Waals surface area contributed by atoms with Crippen molar-refractivity contribution in [2.24, 2.45) is 5.92 Å². The van der Waals surface area contributed by atoms with E-state index in [2.05, 4.69) is 20.6 Å². The topological polar surface area (TPSA) is 151 Å². The minimum atomic E-state index is -0.811. The number of halogens is 2. The number of nitrogens with zero attached hydrogens (tertiary/aromatic N) is 5. The van der Waals surface area contributed by atoms with Crippen molar-refractivity contribution in [1.29, 1.82) is 0 Å². The first-order valence-corrected chi connectivity index (χ1v) is 17.4. The largest absolute Gasteiger partial charge is 0.481 e. The molecule has 0 radical (unpaired) electrons. The van der Waals surface area contributed by atoms with Gasteiger partial charge in [-0.05, 0) is 37.1 Å². The molecule has 2 aliphatic heterocycles. The molecule has 51 heavy (non-hydrogen) atoms. The van der Waals surface area contributed by atoms with Crippen LogP contribution in [0.3, 0.4) is 0 Å². The average molecular weight is 729 g/mol. The van der Waals surface area contributed by atoms with Gasteiger partial charge in [-0.25, -0.2) is 9.97 Å². The number of carbonyl (C=O) groups is 2. The standard InChI is InChI=1S/C37H35Cl2N7O5/c1-51-35-30(17-40-16-24-8-9-32(47)43-24)41-18-29(44-35)28-7-3-6-27(34(28)39)26-5-2-4-25(33(26)38)21-11-13-46-31(14-21)42-15-23(36(46)48)20-45-12-10-22(19-45)37(49)50/h2-7,11,13-15,18,22,24,40H,8-10,12,16-17,19-20H2,1H3,(H,43,47)(H,49,50)/t22-,24-/m1/s1. The highest BCUT2D eigenvalue weighted by Crippen LogP contribution is 2.42. The van der Waals surface area contributed by atoms with Crippen LogP contribution in [0.1, 0.15) is 30.5 Å². The molecule has 2 aromatic carbocycles. The fourth-order valence-corrected chi connectivity index (χ4v) is 7.38. The molecule has 5 heterocycles. The lowest BCUT2D eigenvalue weighted by atomic mass is 9.97. The summed E-state index contributed by atoms with van der Waals surface area (Å²) < 4.78 is 7.07. The fraction of sp³-hybridized carbons (Fsp3) is 0.297. The van der Waals surface area contributed by atoms with E-state index >= 15 is 0 Å². The Morgan fingerprint density at radius 1 is 1.02 bits per heavy atom. The van der Waals surface area contributed by atoms with Crippen LogP contribution in [0.25, 0.3) is 39.2 Å². The molecule has 262 valence electrons. The Kier molecular flexibility index (Phi) is 10.0. The maximum atomic E-state index is 13.3. The van der Waals surface area contributed by atoms with Gasteiger partial charge in [0.25, 0.3) is 5.56 Å². The van der Waals surface area contributed by atoms with Gasteiger partial charge in [0.2, 0.25) is 11.8 Å². The van der Waals surface area contributed by atoms with Crippen molar-refractivity contribution in [3.8, 4) is 39.4 Å². The Morgan fingerprint density at radius 2 is 1.76 bits per heavy atom. The third kappa shape index (κ3) is 7.18. The van der Waals surface area contributed by atoms with Gasteiger partial charge in [0.15, 0.2) is 0 Å². The number of aromatic nitrogens is 4. The Morgan fingerprint density at radius 3 is 2.47 bits per heavy atom. The molecule has 3 N–H and O–H groups in total. The summed E-state index contributed by atoms with van der Waals surface area (Å²) in [5.74, 6) is -0.785. The average Bonchev–Trinajstić information content (AvgIpc) is 3.79. The quantitative estimate of drug-likeness (QED) is 0.168. The van der Waals surface area contributed by atoms with Crippen molar-refractivity contribution >= 4 is 40.7 Å². The second-order valence-corrected chi connectivity index (χ2v) is 13.5. The summed E-state index contributed by atoms with van der Waals surface area (Å²) >= 11 is 14.1. The maximum Gasteiger partial charge on any atom is 0.307 e. The number of pyridine rings is 1. The third-order valence-electron chi connectivity index (χ3n) is 9.44. The number of aliphatic carboxylic acids is 1. The molecule has 0 bridgehead atoms. The van der Waals surface area contributed by atoms with Gasteiger partial charge in [0, 0.05) is 73.3 Å². The molecule has 0 aliphatic carbocycles. The molecule has 2 saturated heterocycles. The lowest BCUT2D eigenvalue weighted by molar-refractivity contribution is -0.141. The molecule has 0 unspecified atom stereocenters. The van der Waals surface area contributed by atoms with E-state index < -0.39 is 11.9 Å². The van der Waals surface area contributed by atoms with Crippen molar-refractivity contribution in [3.05, 3.63) is 98.8 Å². The van der Waals surface area contributed by atoms with E-state index in [0.29, 0.717) is 101 Å². The van der Waals surface area contributed by atoms with Crippen LogP contribution in [-0.4, -0.2) is 74.0 Å². The van der Waals surface area contributed by atoms with Gasteiger partial charge < -0.3 is 20.5 Å². The molecule has 2 aliphatic rings. The van der Waals surface area contributed by atoms with E-state index in [0.717, 1.165) is 17.5 Å². The van der Waals surface area contributed by atoms with Gasteiger partial charge in [0.1, 0.15) is 11.3 Å². The number of nitrogens with one attached hydrogen (secondary N) is 2. The zero-order valence-corrected chi connectivity index (χ0v) is 29.2. The van der Waals surface area contributed by atoms with E-state index in [4.69, 9.17) is 32.9 Å². The van der Waals surface area contributed by atoms with Crippen LogP contribution >= 0.6 is 23.2 Å². The number of hydrogen-bond acceptors (Lipinski definition) is 9. The van der Waals surface area contributed by atoms with Crippen LogP contribution in [0, 0.1) is 5.92 Å². The predicted octanol–water partition coefficient (Wildman–Crippen LogP) is 5.08. The van der Waals surface area contributed by atoms with Crippen molar-refractivity contribution in [2.45, 2.75) is 38.4 Å². The highest BCUT2D eigenvalue weighted by atomic mass is 35.5. The molecule has 0 saturated carbocycles. The Labute approximate surface area is 303 Å². The molecular weight excluding hydrogens is 693 g/mol. The molecule has 14 heteroatoms. The summed E-state index contributed by atoms with van der Waals surface area (Å²) in [7, 11) is 1.54. The number of carboxylic acid groups (broad SMARTS) is 1. The van der Waals surface area contributed by atoms with Crippen molar-refractivity contribution < 1.29 is 19.4 Å². The van der Waals surface area contributed by atoms with Crippen LogP contribution in [0.5, 0.6) is 5.88 Å². The molecule has 2 atom stereocenters. The lowest BCUT2D eigenvalue weighted by Gasteiger charge is -2.16. The number of carbonyl (C=O) groups excluding carboxylic acids is 1. The minimum absolute atomic E-state index is 0.0724. The van der Waals surface area contributed by atoms with Gasteiger partial charge in [0.05, 0.1) is 40.5 Å². The van der Waals surface area contributed by atoms with Gasteiger partial charge in [-0.1, -0.05) is 59.6 Å². The smallest absolute Gasteiger partial charge is 0.307 e. The number of hydrogen-bond donors (Lipinski definition) is 3. The molecule has 2 fully saturated rings. The second-order valence-electron chi connectivity index (χ2n) is 12.8. The number of methoxy groups -OCH3 is 1. The number of fused-ring (bicyclic) bond motifs is 1. The SMILES string of the molecule is COc1nc(-c2cccc(-c3cccc(-c4ccn5c(=O)c(CN6CC[C@@H](C(=O)O)C6)cnc5c4)c3Cl)c2Cl)cnc1CNC[C@H]1CCC(=O)N1. The maximum absolute atomic E-state index is 13.3. The summed E-state index contributed by atoms with van der Waals surface area (Å²) in [4.78, 5) is 52.1. The van der Waals surface area contributed by atoms with Crippen LogP contribution < -0.4 is 20.9 Å². The third-order valence-corrected chi connectivity index (χ3v) is 10.3. The Bertz CT molecular complexity index is 2210. The highest BCUT2D eigenvalue weighted by Gasteiger charge is 2.28. The van der Waals surface area contributed by atoms with Crippen LogP contribution in [0.2, 0.25) is 10.0 Å². The number of amides is 1. The molecule has 0 spiro atoms. The molecule has 7 rings (SSSR count). The number of carboxylic acids is 1. The van der Waals surface area contributed by atoms with E-state index in [9.17, 15) is 19.5 Å². The molecule has 12 nitrogen and oxygen atoms in total. The van der Waals surface area contributed by atoms with Crippen LogP contribution in [0.15, 0.2) is 71.9 Å². The van der Waals surface area contributed by atoms with Gasteiger partial charge in [-0.2, -0.15) is 0 Å². The summed E-state index contributed by atoms with van der Waals surface area (Å²) in [6, 6.07) is 15.1. The first-order valence-electron chi connectivity index (χ1n) is 16.6. The zero-order valence-electron chi connectivity index (χ0n) is 27.7. The normalized spacial score (nSPS) is 17.6. The van der Waals surface area contributed by atoms with Gasteiger partial charge in [-0.3, -0.25) is 28.7 Å². The van der Waals surface area contributed by atoms with Crippen molar-refractivity contribution in [1.82, 2.24) is 34.9 Å².